The van der Waals surface area contributed by atoms with Crippen molar-refractivity contribution < 1.29 is 33.5 Å². The number of carboxylic acid groups (broad SMARTS) is 1. The van der Waals surface area contributed by atoms with Crippen LogP contribution in [0.2, 0.25) is 0 Å². The van der Waals surface area contributed by atoms with Gasteiger partial charge < -0.3 is 9.84 Å². The summed E-state index contributed by atoms with van der Waals surface area (Å²) in [5.41, 5.74) is 1.06. The quantitative estimate of drug-likeness (QED) is 0.491. The number of hydrogen-bond donors (Lipinski definition) is 1. The molecule has 2 aromatic carbocycles. The monoisotopic (exact) mass is 456 g/mol. The number of benzene rings is 2. The summed E-state index contributed by atoms with van der Waals surface area (Å²) in [6.07, 6.45) is -0.543. The first-order chi connectivity index (χ1) is 15.3. The number of nitrogens with zero attached hydrogens (tertiary/aromatic N) is 1. The van der Waals surface area contributed by atoms with Gasteiger partial charge in [0.25, 0.3) is 0 Å². The third-order valence-corrected chi connectivity index (χ3v) is 6.96. The van der Waals surface area contributed by atoms with Gasteiger partial charge in [-0.05, 0) is 38.1 Å². The zero-order chi connectivity index (χ0) is 23.3. The zero-order valence-electron chi connectivity index (χ0n) is 18.0. The molecule has 0 bridgehead atoms. The second-order valence-corrected chi connectivity index (χ2v) is 9.04. The van der Waals surface area contributed by atoms with Crippen LogP contribution >= 0.6 is 11.8 Å². The summed E-state index contributed by atoms with van der Waals surface area (Å²) < 4.78 is 5.21. The van der Waals surface area contributed by atoms with Crippen molar-refractivity contribution in [2.75, 3.05) is 12.3 Å². The fourth-order valence-electron chi connectivity index (χ4n) is 4.03. The van der Waals surface area contributed by atoms with Crippen molar-refractivity contribution in [3.8, 4) is 5.75 Å². The summed E-state index contributed by atoms with van der Waals surface area (Å²) in [6, 6.07) is 14.8. The first-order valence-corrected chi connectivity index (χ1v) is 11.4. The summed E-state index contributed by atoms with van der Waals surface area (Å²) in [6.45, 7) is 3.40. The molecular weight excluding hydrogens is 430 g/mol. The molecule has 2 aromatic rings. The lowest BCUT2D eigenvalue weighted by Crippen LogP contribution is -2.61. The summed E-state index contributed by atoms with van der Waals surface area (Å²) in [7, 11) is 0. The Balaban J connectivity index is 1.68. The van der Waals surface area contributed by atoms with Crippen LogP contribution in [-0.2, 0) is 4.79 Å². The normalized spacial score (nSPS) is 23.3. The van der Waals surface area contributed by atoms with Gasteiger partial charge in [-0.2, -0.15) is 9.28 Å². The number of imide groups is 1. The summed E-state index contributed by atoms with van der Waals surface area (Å²) >= 11 is 1.02. The van der Waals surface area contributed by atoms with Gasteiger partial charge in [-0.1, -0.05) is 42.1 Å². The van der Waals surface area contributed by atoms with Crippen LogP contribution in [-0.4, -0.2) is 57.4 Å². The molecule has 168 valence electrons. The Morgan fingerprint density at radius 2 is 1.81 bits per heavy atom. The van der Waals surface area contributed by atoms with E-state index in [4.69, 9.17) is 4.74 Å². The van der Waals surface area contributed by atoms with Crippen LogP contribution in [0, 0.1) is 5.92 Å². The maximum atomic E-state index is 13.3. The molecule has 2 unspecified atom stereocenters. The number of thioether (sulfide) groups is 1. The number of likely N-dealkylation sites (tertiary alicyclic amines) is 1. The fraction of sp³-hybridized carbons (Fsp3) is 0.333. The largest absolute Gasteiger partial charge is 0.521 e. The molecule has 1 N–H and O–H groups in total. The van der Waals surface area contributed by atoms with Crippen LogP contribution in [0.1, 0.15) is 41.0 Å². The van der Waals surface area contributed by atoms with Crippen molar-refractivity contribution in [2.45, 2.75) is 32.4 Å². The molecule has 1 saturated heterocycles. The summed E-state index contributed by atoms with van der Waals surface area (Å²) in [4.78, 5) is 48.8. The number of carbonyl (C=O) groups excluding carboxylic acids is 3. The number of carbonyl (C=O) groups is 4. The molecule has 2 amide bonds. The Hall–Kier alpha value is -2.97. The van der Waals surface area contributed by atoms with Crippen molar-refractivity contribution in [3.63, 3.8) is 0 Å². The highest BCUT2D eigenvalue weighted by Crippen LogP contribution is 2.33. The molecule has 7 nitrogen and oxygen atoms in total. The number of amides is 2. The molecule has 0 aromatic heterocycles. The maximum Gasteiger partial charge on any atom is 0.521 e. The predicted molar refractivity (Wildman–Crippen MR) is 121 cm³/mol. The van der Waals surface area contributed by atoms with E-state index in [0.29, 0.717) is 23.3 Å². The van der Waals surface area contributed by atoms with E-state index in [1.54, 1.807) is 62.4 Å². The number of quaternary nitrogens is 1. The average molecular weight is 457 g/mol. The SMILES string of the molecule is CC(CSC(=O)c1ccccc1)C(=O)[N@+]1(C(=O)O)C[C@@H](Oc2ccc(C=O)cc2)CC1C. The van der Waals surface area contributed by atoms with Gasteiger partial charge in [-0.25, -0.2) is 4.79 Å². The highest BCUT2D eigenvalue weighted by atomic mass is 32.2. The highest BCUT2D eigenvalue weighted by molar-refractivity contribution is 8.14. The second kappa shape index (κ2) is 10.1. The topological polar surface area (TPSA) is 97.7 Å². The minimum absolute atomic E-state index is 0.00635. The van der Waals surface area contributed by atoms with E-state index < -0.39 is 34.5 Å². The number of rotatable bonds is 7. The van der Waals surface area contributed by atoms with Gasteiger partial charge >= 0.3 is 12.0 Å². The first-order valence-electron chi connectivity index (χ1n) is 10.4. The van der Waals surface area contributed by atoms with Crippen molar-refractivity contribution in [2.24, 2.45) is 5.92 Å². The van der Waals surface area contributed by atoms with Gasteiger partial charge in [0.1, 0.15) is 24.6 Å². The molecule has 1 aliphatic rings. The van der Waals surface area contributed by atoms with Gasteiger partial charge in [0, 0.05) is 23.3 Å². The van der Waals surface area contributed by atoms with Crippen molar-refractivity contribution in [3.05, 3.63) is 65.7 Å². The lowest BCUT2D eigenvalue weighted by molar-refractivity contribution is -0.795. The lowest BCUT2D eigenvalue weighted by Gasteiger charge is -2.31. The molecule has 0 saturated carbocycles. The van der Waals surface area contributed by atoms with Gasteiger partial charge in [-0.3, -0.25) is 9.59 Å². The van der Waals surface area contributed by atoms with Crippen LogP contribution in [0.5, 0.6) is 5.75 Å². The zero-order valence-corrected chi connectivity index (χ0v) is 18.8. The second-order valence-electron chi connectivity index (χ2n) is 8.05. The first kappa shape index (κ1) is 23.7. The Bertz CT molecular complexity index is 993. The molecule has 0 aliphatic carbocycles. The molecule has 0 spiro atoms. The van der Waals surface area contributed by atoms with Crippen molar-refractivity contribution in [1.29, 1.82) is 0 Å². The minimum Gasteiger partial charge on any atom is -0.484 e. The van der Waals surface area contributed by atoms with E-state index in [1.807, 2.05) is 6.07 Å². The third-order valence-electron chi connectivity index (χ3n) is 5.80. The minimum atomic E-state index is -1.21. The van der Waals surface area contributed by atoms with E-state index in [-0.39, 0.29) is 17.4 Å². The van der Waals surface area contributed by atoms with Crippen LogP contribution in [0.15, 0.2) is 54.6 Å². The molecule has 8 heteroatoms. The van der Waals surface area contributed by atoms with Gasteiger partial charge in [0.15, 0.2) is 6.10 Å². The summed E-state index contributed by atoms with van der Waals surface area (Å²) in [5.74, 6) is -0.342. The Labute approximate surface area is 191 Å². The summed E-state index contributed by atoms with van der Waals surface area (Å²) in [5, 5.41) is 9.89. The molecule has 3 rings (SSSR count). The molecule has 0 radical (unpaired) electrons. The van der Waals surface area contributed by atoms with Crippen LogP contribution in [0.25, 0.3) is 0 Å². The highest BCUT2D eigenvalue weighted by Gasteiger charge is 2.58. The standard InChI is InChI=1S/C24H25NO6S/c1-16(15-32-23(28)19-6-4-3-5-7-19)22(27)25(24(29)30)13-21(12-17(25)2)31-20-10-8-18(14-26)9-11-20/h3-11,14,16-17,21H,12-13,15H2,1-2H3/p+1/t16?,17?,21-,25-/m0/s1. The van der Waals surface area contributed by atoms with E-state index in [0.717, 1.165) is 18.0 Å². The number of ether oxygens (including phenoxy) is 1. The Morgan fingerprint density at radius 3 is 2.41 bits per heavy atom. The average Bonchev–Trinajstić information content (AvgIpc) is 3.14. The van der Waals surface area contributed by atoms with Crippen LogP contribution < -0.4 is 4.74 Å². The van der Waals surface area contributed by atoms with E-state index in [9.17, 15) is 24.3 Å². The number of aldehydes is 1. The molecule has 1 aliphatic heterocycles. The van der Waals surface area contributed by atoms with Gasteiger partial charge in [0.2, 0.25) is 5.12 Å². The molecule has 4 atom stereocenters. The van der Waals surface area contributed by atoms with E-state index >= 15 is 0 Å². The molecule has 1 fully saturated rings. The third kappa shape index (κ3) is 4.92. The lowest BCUT2D eigenvalue weighted by atomic mass is 10.1. The maximum absolute atomic E-state index is 13.3. The molecule has 1 heterocycles. The number of hydrogen-bond acceptors (Lipinski definition) is 6. The predicted octanol–water partition coefficient (Wildman–Crippen LogP) is 4.27. The van der Waals surface area contributed by atoms with Gasteiger partial charge in [-0.15, -0.1) is 0 Å². The van der Waals surface area contributed by atoms with E-state index in [1.165, 1.54) is 0 Å². The van der Waals surface area contributed by atoms with E-state index in [2.05, 4.69) is 0 Å². The van der Waals surface area contributed by atoms with Crippen molar-refractivity contribution >= 4 is 35.2 Å². The fourth-order valence-corrected chi connectivity index (χ4v) is 4.88. The van der Waals surface area contributed by atoms with Gasteiger partial charge in [0.05, 0.1) is 5.92 Å². The van der Waals surface area contributed by atoms with Crippen molar-refractivity contribution in [1.82, 2.24) is 0 Å². The van der Waals surface area contributed by atoms with Crippen LogP contribution in [0.3, 0.4) is 0 Å². The Morgan fingerprint density at radius 1 is 1.16 bits per heavy atom. The molecule has 32 heavy (non-hydrogen) atoms. The Kier molecular flexibility index (Phi) is 7.48. The molecular formula is C24H26NO6S+. The smallest absolute Gasteiger partial charge is 0.484 e. The van der Waals surface area contributed by atoms with Crippen LogP contribution in [0.4, 0.5) is 4.79 Å².